The minimum atomic E-state index is -3.66. The lowest BCUT2D eigenvalue weighted by molar-refractivity contribution is -0.123. The van der Waals surface area contributed by atoms with Crippen LogP contribution in [0.1, 0.15) is 65.0 Å². The fourth-order valence-corrected chi connectivity index (χ4v) is 7.69. The molecular formula is C30H43N2O7P. The Morgan fingerprint density at radius 3 is 1.90 bits per heavy atom. The molecule has 40 heavy (non-hydrogen) atoms. The minimum absolute atomic E-state index is 0.0911. The predicted octanol–water partition coefficient (Wildman–Crippen LogP) is 6.07. The Labute approximate surface area is 237 Å². The van der Waals surface area contributed by atoms with Gasteiger partial charge >= 0.3 is 6.09 Å². The molecule has 220 valence electrons. The molecular weight excluding hydrogens is 531 g/mol. The highest BCUT2D eigenvalue weighted by Gasteiger charge is 2.45. The maximum Gasteiger partial charge on any atom is 0.407 e. The fraction of sp³-hybridized carbons (Fsp3) is 0.533. The van der Waals surface area contributed by atoms with Crippen LogP contribution in [0.25, 0.3) is 11.1 Å². The smallest absolute Gasteiger partial charge is 0.407 e. The van der Waals surface area contributed by atoms with Crippen molar-refractivity contribution in [3.05, 3.63) is 59.7 Å². The van der Waals surface area contributed by atoms with Crippen molar-refractivity contribution in [1.82, 2.24) is 10.6 Å². The Balaban J connectivity index is 1.67. The third-order valence-corrected chi connectivity index (χ3v) is 9.51. The van der Waals surface area contributed by atoms with Gasteiger partial charge in [-0.25, -0.2) is 4.79 Å². The second kappa shape index (κ2) is 14.8. The first-order valence-corrected chi connectivity index (χ1v) is 15.8. The molecule has 2 aromatic rings. The van der Waals surface area contributed by atoms with Gasteiger partial charge in [0.1, 0.15) is 18.4 Å². The Kier molecular flexibility index (Phi) is 11.8. The van der Waals surface area contributed by atoms with Crippen LogP contribution in [0.3, 0.4) is 0 Å². The van der Waals surface area contributed by atoms with Crippen molar-refractivity contribution in [2.75, 3.05) is 26.4 Å². The molecule has 0 heterocycles. The van der Waals surface area contributed by atoms with Crippen LogP contribution in [0.15, 0.2) is 48.5 Å². The van der Waals surface area contributed by atoms with Gasteiger partial charge in [0, 0.05) is 19.1 Å². The number of benzene rings is 2. The monoisotopic (exact) mass is 574 g/mol. The Bertz CT molecular complexity index is 1140. The summed E-state index contributed by atoms with van der Waals surface area (Å²) in [5.41, 5.74) is 4.46. The summed E-state index contributed by atoms with van der Waals surface area (Å²) < 4.78 is 36.8. The van der Waals surface area contributed by atoms with Gasteiger partial charge in [0.05, 0.1) is 6.61 Å². The van der Waals surface area contributed by atoms with E-state index in [0.717, 1.165) is 22.3 Å². The van der Waals surface area contributed by atoms with Crippen LogP contribution in [-0.2, 0) is 28.1 Å². The number of amides is 2. The molecule has 0 saturated carbocycles. The largest absolute Gasteiger partial charge is 0.449 e. The van der Waals surface area contributed by atoms with Crippen molar-refractivity contribution >= 4 is 19.4 Å². The van der Waals surface area contributed by atoms with Crippen LogP contribution in [0.4, 0.5) is 4.79 Å². The molecule has 0 spiro atoms. The number of hydrogen-bond acceptors (Lipinski definition) is 7. The number of nitrogens with one attached hydrogen (secondary N) is 2. The highest BCUT2D eigenvalue weighted by atomic mass is 31.2. The van der Waals surface area contributed by atoms with E-state index in [-0.39, 0.29) is 38.3 Å². The second-order valence-electron chi connectivity index (χ2n) is 10.1. The molecule has 0 aromatic heterocycles. The van der Waals surface area contributed by atoms with Crippen molar-refractivity contribution in [2.24, 2.45) is 5.92 Å². The summed E-state index contributed by atoms with van der Waals surface area (Å²) in [7, 11) is -3.66. The van der Waals surface area contributed by atoms with Gasteiger partial charge < -0.3 is 29.4 Å². The number of rotatable bonds is 15. The average Bonchev–Trinajstić information content (AvgIpc) is 3.24. The maximum atomic E-state index is 14.2. The van der Waals surface area contributed by atoms with E-state index < -0.39 is 37.2 Å². The first kappa shape index (κ1) is 31.8. The molecule has 2 aromatic carbocycles. The average molecular weight is 575 g/mol. The number of carbonyl (C=O) groups excluding carboxylic acids is 2. The van der Waals surface area contributed by atoms with Crippen LogP contribution in [0, 0.1) is 5.92 Å². The van der Waals surface area contributed by atoms with Gasteiger partial charge in [-0.15, -0.1) is 0 Å². The normalized spacial score (nSPS) is 15.7. The molecule has 1 aliphatic rings. The van der Waals surface area contributed by atoms with Gasteiger partial charge in [-0.3, -0.25) is 9.36 Å². The highest BCUT2D eigenvalue weighted by Crippen LogP contribution is 2.58. The van der Waals surface area contributed by atoms with Crippen molar-refractivity contribution in [1.29, 1.82) is 0 Å². The maximum absolute atomic E-state index is 14.2. The summed E-state index contributed by atoms with van der Waals surface area (Å²) in [4.78, 5) is 26.0. The van der Waals surface area contributed by atoms with E-state index in [0.29, 0.717) is 6.42 Å². The number of alkyl carbamates (subject to hydrolysis) is 1. The molecule has 2 amide bonds. The number of ether oxygens (including phenoxy) is 3. The minimum Gasteiger partial charge on any atom is -0.449 e. The molecule has 0 bridgehead atoms. The zero-order valence-corrected chi connectivity index (χ0v) is 25.2. The molecule has 0 saturated heterocycles. The van der Waals surface area contributed by atoms with Crippen molar-refractivity contribution in [2.45, 2.75) is 71.7 Å². The molecule has 0 fully saturated rings. The summed E-state index contributed by atoms with van der Waals surface area (Å²) in [6.07, 6.45) is -0.337. The molecule has 9 nitrogen and oxygen atoms in total. The van der Waals surface area contributed by atoms with Crippen molar-refractivity contribution in [3.8, 4) is 11.1 Å². The molecule has 3 atom stereocenters. The summed E-state index contributed by atoms with van der Waals surface area (Å²) in [5, 5.41) is 5.45. The van der Waals surface area contributed by atoms with E-state index in [2.05, 4.69) is 22.8 Å². The Morgan fingerprint density at radius 2 is 1.40 bits per heavy atom. The van der Waals surface area contributed by atoms with E-state index in [1.54, 1.807) is 27.7 Å². The molecule has 2 N–H and O–H groups in total. The van der Waals surface area contributed by atoms with E-state index >= 15 is 0 Å². The highest BCUT2D eigenvalue weighted by molar-refractivity contribution is 7.60. The van der Waals surface area contributed by atoms with Crippen molar-refractivity contribution in [3.63, 3.8) is 0 Å². The molecule has 3 rings (SSSR count). The number of fused-ring (bicyclic) bond motifs is 3. The topological polar surface area (TPSA) is 112 Å². The molecule has 0 radical (unpaired) electrons. The lowest BCUT2D eigenvalue weighted by atomic mass is 9.98. The van der Waals surface area contributed by atoms with Crippen LogP contribution in [0.5, 0.6) is 0 Å². The van der Waals surface area contributed by atoms with Gasteiger partial charge in [-0.1, -0.05) is 62.4 Å². The van der Waals surface area contributed by atoms with Crippen LogP contribution >= 0.6 is 7.37 Å². The quantitative estimate of drug-likeness (QED) is 0.196. The zero-order valence-electron chi connectivity index (χ0n) is 24.3. The molecule has 1 aliphatic carbocycles. The predicted molar refractivity (Wildman–Crippen MR) is 155 cm³/mol. The summed E-state index contributed by atoms with van der Waals surface area (Å²) in [6.45, 7) is 11.6. The van der Waals surface area contributed by atoms with Gasteiger partial charge in [0.2, 0.25) is 11.9 Å². The molecule has 10 heteroatoms. The Hall–Kier alpha value is -2.71. The fourth-order valence-electron chi connectivity index (χ4n) is 4.95. The van der Waals surface area contributed by atoms with Gasteiger partial charge in [-0.05, 0) is 62.3 Å². The van der Waals surface area contributed by atoms with Crippen LogP contribution in [-0.4, -0.2) is 56.3 Å². The third kappa shape index (κ3) is 7.52. The Morgan fingerprint density at radius 1 is 0.850 bits per heavy atom. The summed E-state index contributed by atoms with van der Waals surface area (Å²) >= 11 is 0. The van der Waals surface area contributed by atoms with E-state index in [1.807, 2.05) is 50.2 Å². The van der Waals surface area contributed by atoms with E-state index in [9.17, 15) is 14.2 Å². The number of carbonyl (C=O) groups is 2. The zero-order chi connectivity index (χ0) is 29.3. The van der Waals surface area contributed by atoms with Crippen LogP contribution < -0.4 is 10.6 Å². The van der Waals surface area contributed by atoms with Crippen molar-refractivity contribution < 1.29 is 32.9 Å². The van der Waals surface area contributed by atoms with Gasteiger partial charge in [0.15, 0.2) is 0 Å². The lowest BCUT2D eigenvalue weighted by Crippen LogP contribution is -2.49. The number of hydrogen-bond donors (Lipinski definition) is 2. The molecule has 1 unspecified atom stereocenters. The van der Waals surface area contributed by atoms with E-state index in [1.165, 1.54) is 0 Å². The van der Waals surface area contributed by atoms with E-state index in [4.69, 9.17) is 18.7 Å². The summed E-state index contributed by atoms with van der Waals surface area (Å²) in [5.74, 6) is -1.38. The third-order valence-electron chi connectivity index (χ3n) is 6.75. The summed E-state index contributed by atoms with van der Waals surface area (Å²) in [6, 6.07) is 14.1. The lowest BCUT2D eigenvalue weighted by Gasteiger charge is -2.34. The van der Waals surface area contributed by atoms with Crippen LogP contribution in [0.2, 0.25) is 0 Å². The first-order chi connectivity index (χ1) is 19.2. The van der Waals surface area contributed by atoms with Gasteiger partial charge in [-0.2, -0.15) is 0 Å². The molecule has 0 aliphatic heterocycles. The SMILES string of the molecule is CCOC(OCC)P(=O)(OCC)[C@H](CC(C)C)NC(=O)[C@H](C)NC(=O)OCC1c2ccccc2-c2ccccc21. The standard InChI is InChI=1S/C30H43N2O7P/c1-7-36-30(37-8-2)40(35,39-9-3)27(18-20(4)5)32-28(33)21(6)31-29(34)38-19-26-24-16-12-10-14-22(24)23-15-11-13-17-25(23)26/h10-17,20-21,26-27,30H,7-9,18-19H2,1-6H3,(H,31,34)(H,32,33)/t21-,27+,40?/m0/s1. The first-order valence-electron chi connectivity index (χ1n) is 14.0. The second-order valence-corrected chi connectivity index (χ2v) is 12.7. The van der Waals surface area contributed by atoms with Gasteiger partial charge in [0.25, 0.3) is 7.37 Å².